The summed E-state index contributed by atoms with van der Waals surface area (Å²) in [5, 5.41) is 8.15. The van der Waals surface area contributed by atoms with Gasteiger partial charge in [0.05, 0.1) is 11.3 Å². The number of rotatable bonds is 5. The fraction of sp³-hybridized carbons (Fsp3) is 0.211. The molecule has 0 radical (unpaired) electrons. The van der Waals surface area contributed by atoms with Crippen molar-refractivity contribution in [2.75, 3.05) is 0 Å². The number of alkyl halides is 3. The van der Waals surface area contributed by atoms with E-state index in [1.54, 1.807) is 23.0 Å². The highest BCUT2D eigenvalue weighted by Crippen LogP contribution is 2.29. The highest BCUT2D eigenvalue weighted by Gasteiger charge is 2.29. The van der Waals surface area contributed by atoms with Crippen LogP contribution in [0.4, 0.5) is 13.2 Å². The molecule has 2 N–H and O–H groups in total. The molecule has 2 heterocycles. The Bertz CT molecular complexity index is 976. The summed E-state index contributed by atoms with van der Waals surface area (Å²) in [6.07, 6.45) is -2.82. The first kappa shape index (κ1) is 19.4. The van der Waals surface area contributed by atoms with E-state index in [4.69, 9.17) is 10.6 Å². The summed E-state index contributed by atoms with van der Waals surface area (Å²) in [5.41, 5.74) is 8.11. The van der Waals surface area contributed by atoms with Crippen LogP contribution >= 0.6 is 0 Å². The topological polar surface area (TPSA) is 78.3 Å². The molecule has 0 aliphatic rings. The maximum absolute atomic E-state index is 12.5. The maximum Gasteiger partial charge on any atom is 0.416 e. The van der Waals surface area contributed by atoms with Crippen LogP contribution in [-0.2, 0) is 17.6 Å². The minimum absolute atomic E-state index is 0.00386. The molecule has 0 bridgehead atoms. The lowest BCUT2D eigenvalue weighted by Crippen LogP contribution is -2.15. The Balaban J connectivity index is 1.63. The zero-order valence-corrected chi connectivity index (χ0v) is 15.2. The average molecular weight is 389 g/mol. The van der Waals surface area contributed by atoms with E-state index in [9.17, 15) is 13.2 Å². The first-order valence-electron chi connectivity index (χ1n) is 8.35. The Morgan fingerprint density at radius 3 is 2.39 bits per heavy atom. The number of oxime groups is 1. The van der Waals surface area contributed by atoms with Crippen molar-refractivity contribution < 1.29 is 18.0 Å². The van der Waals surface area contributed by atoms with Gasteiger partial charge in [-0.05, 0) is 49.7 Å². The average Bonchev–Trinajstić information content (AvgIpc) is 2.99. The molecule has 0 fully saturated rings. The van der Waals surface area contributed by atoms with Gasteiger partial charge in [-0.15, -0.1) is 0 Å². The number of halogens is 3. The molecule has 3 aromatic rings. The second kappa shape index (κ2) is 7.71. The highest BCUT2D eigenvalue weighted by atomic mass is 19.4. The third kappa shape index (κ3) is 4.48. The van der Waals surface area contributed by atoms with E-state index in [-0.39, 0.29) is 12.4 Å². The third-order valence-electron chi connectivity index (χ3n) is 3.95. The van der Waals surface area contributed by atoms with Crippen LogP contribution in [0.5, 0.6) is 0 Å². The van der Waals surface area contributed by atoms with E-state index in [1.807, 2.05) is 19.9 Å². The first-order valence-corrected chi connectivity index (χ1v) is 8.35. The number of pyridine rings is 1. The van der Waals surface area contributed by atoms with Gasteiger partial charge in [0, 0.05) is 17.5 Å². The monoisotopic (exact) mass is 389 g/mol. The Morgan fingerprint density at radius 1 is 1.14 bits per heavy atom. The zero-order chi connectivity index (χ0) is 20.3. The van der Waals surface area contributed by atoms with Gasteiger partial charge in [0.2, 0.25) is 0 Å². The molecule has 6 nitrogen and oxygen atoms in total. The largest absolute Gasteiger partial charge is 0.416 e. The first-order chi connectivity index (χ1) is 13.2. The van der Waals surface area contributed by atoms with Crippen molar-refractivity contribution in [3.63, 3.8) is 0 Å². The number of aryl methyl sites for hydroxylation is 2. The Labute approximate surface area is 159 Å². The SMILES string of the molecule is Cc1cc(C)n(-c2ccc(/C(N)=N/OCc3ccc(C(F)(F)F)cc3)cn2)n1. The molecule has 0 saturated heterocycles. The van der Waals surface area contributed by atoms with Gasteiger partial charge in [-0.25, -0.2) is 9.67 Å². The van der Waals surface area contributed by atoms with Crippen LogP contribution in [0.25, 0.3) is 5.82 Å². The minimum atomic E-state index is -4.37. The van der Waals surface area contributed by atoms with Crippen molar-refractivity contribution in [1.82, 2.24) is 14.8 Å². The van der Waals surface area contributed by atoms with Crippen LogP contribution in [0.1, 0.15) is 28.1 Å². The Morgan fingerprint density at radius 2 is 1.86 bits per heavy atom. The van der Waals surface area contributed by atoms with E-state index in [0.29, 0.717) is 16.9 Å². The van der Waals surface area contributed by atoms with Gasteiger partial charge >= 0.3 is 6.18 Å². The molecule has 0 unspecified atom stereocenters. The van der Waals surface area contributed by atoms with Crippen LogP contribution in [0.3, 0.4) is 0 Å². The predicted molar refractivity (Wildman–Crippen MR) is 97.8 cm³/mol. The van der Waals surface area contributed by atoms with Crippen LogP contribution in [0, 0.1) is 13.8 Å². The van der Waals surface area contributed by atoms with Crippen molar-refractivity contribution in [3.05, 3.63) is 76.7 Å². The van der Waals surface area contributed by atoms with E-state index in [2.05, 4.69) is 15.2 Å². The van der Waals surface area contributed by atoms with Crippen molar-refractivity contribution in [1.29, 1.82) is 0 Å². The fourth-order valence-corrected chi connectivity index (χ4v) is 2.54. The van der Waals surface area contributed by atoms with Gasteiger partial charge in [0.25, 0.3) is 0 Å². The second-order valence-electron chi connectivity index (χ2n) is 6.19. The van der Waals surface area contributed by atoms with E-state index < -0.39 is 11.7 Å². The predicted octanol–water partition coefficient (Wildman–Crippen LogP) is 3.74. The van der Waals surface area contributed by atoms with Gasteiger partial charge in [-0.3, -0.25) is 0 Å². The summed E-state index contributed by atoms with van der Waals surface area (Å²) in [6, 6.07) is 10.1. The zero-order valence-electron chi connectivity index (χ0n) is 15.2. The van der Waals surface area contributed by atoms with Crippen molar-refractivity contribution in [3.8, 4) is 5.82 Å². The maximum atomic E-state index is 12.5. The normalized spacial score (nSPS) is 12.2. The van der Waals surface area contributed by atoms with E-state index >= 15 is 0 Å². The number of benzene rings is 1. The quantitative estimate of drug-likeness (QED) is 0.410. The summed E-state index contributed by atoms with van der Waals surface area (Å²) in [5.74, 6) is 0.757. The molecule has 0 aliphatic heterocycles. The van der Waals surface area contributed by atoms with Crippen molar-refractivity contribution in [2.24, 2.45) is 10.9 Å². The highest BCUT2D eigenvalue weighted by molar-refractivity contribution is 5.96. The molecule has 0 aliphatic carbocycles. The fourth-order valence-electron chi connectivity index (χ4n) is 2.54. The second-order valence-corrected chi connectivity index (χ2v) is 6.19. The molecule has 0 saturated carbocycles. The number of amidine groups is 1. The lowest BCUT2D eigenvalue weighted by atomic mass is 10.1. The van der Waals surface area contributed by atoms with Gasteiger partial charge in [-0.1, -0.05) is 17.3 Å². The Hall–Kier alpha value is -3.36. The molecular weight excluding hydrogens is 371 g/mol. The Kier molecular flexibility index (Phi) is 5.34. The van der Waals surface area contributed by atoms with Gasteiger partial charge < -0.3 is 10.6 Å². The molecule has 28 heavy (non-hydrogen) atoms. The van der Waals surface area contributed by atoms with Crippen LogP contribution in [-0.4, -0.2) is 20.6 Å². The van der Waals surface area contributed by atoms with Crippen molar-refractivity contribution in [2.45, 2.75) is 26.6 Å². The lowest BCUT2D eigenvalue weighted by Gasteiger charge is -2.07. The summed E-state index contributed by atoms with van der Waals surface area (Å²) < 4.78 is 39.3. The summed E-state index contributed by atoms with van der Waals surface area (Å²) in [7, 11) is 0. The van der Waals surface area contributed by atoms with Crippen molar-refractivity contribution >= 4 is 5.84 Å². The summed E-state index contributed by atoms with van der Waals surface area (Å²) in [6.45, 7) is 3.83. The third-order valence-corrected chi connectivity index (χ3v) is 3.95. The van der Waals surface area contributed by atoms with E-state index in [1.165, 1.54) is 12.1 Å². The number of hydrogen-bond donors (Lipinski definition) is 1. The van der Waals surface area contributed by atoms with Gasteiger partial charge in [0.15, 0.2) is 11.7 Å². The number of nitrogens with zero attached hydrogens (tertiary/aromatic N) is 4. The smallest absolute Gasteiger partial charge is 0.389 e. The summed E-state index contributed by atoms with van der Waals surface area (Å²) in [4.78, 5) is 9.46. The minimum Gasteiger partial charge on any atom is -0.389 e. The molecule has 0 amide bonds. The number of hydrogen-bond acceptors (Lipinski definition) is 4. The van der Waals surface area contributed by atoms with Gasteiger partial charge in [-0.2, -0.15) is 18.3 Å². The standard InChI is InChI=1S/C19H18F3N5O/c1-12-9-13(2)27(25-12)17-8-5-15(10-24-17)18(23)26-28-11-14-3-6-16(7-4-14)19(20,21)22/h3-10H,11H2,1-2H3,(H2,23,26). The molecule has 0 atom stereocenters. The van der Waals surface area contributed by atoms with Crippen LogP contribution in [0.2, 0.25) is 0 Å². The number of nitrogens with two attached hydrogens (primary N) is 1. The van der Waals surface area contributed by atoms with Crippen LogP contribution < -0.4 is 5.73 Å². The molecular formula is C19H18F3N5O. The molecule has 9 heteroatoms. The molecule has 0 spiro atoms. The molecule has 3 rings (SSSR count). The number of aromatic nitrogens is 3. The molecule has 146 valence electrons. The lowest BCUT2D eigenvalue weighted by molar-refractivity contribution is -0.137. The summed E-state index contributed by atoms with van der Waals surface area (Å²) >= 11 is 0. The molecule has 1 aromatic carbocycles. The van der Waals surface area contributed by atoms with Gasteiger partial charge in [0.1, 0.15) is 6.61 Å². The van der Waals surface area contributed by atoms with E-state index in [0.717, 1.165) is 23.5 Å². The van der Waals surface area contributed by atoms with Crippen LogP contribution in [0.15, 0.2) is 53.8 Å². The molecule has 2 aromatic heterocycles.